The molecule has 0 amide bonds. The summed E-state index contributed by atoms with van der Waals surface area (Å²) in [4.78, 5) is 58.7. The van der Waals surface area contributed by atoms with Crippen molar-refractivity contribution >= 4 is 55.7 Å². The molecule has 0 bridgehead atoms. The summed E-state index contributed by atoms with van der Waals surface area (Å²) in [5.41, 5.74) is 28.2. The Balaban J connectivity index is 0.000000256. The van der Waals surface area contributed by atoms with Gasteiger partial charge in [0.15, 0.2) is 23.1 Å². The second-order valence-electron chi connectivity index (χ2n) is 29.7. The van der Waals surface area contributed by atoms with Gasteiger partial charge in [0, 0.05) is 123 Å². The molecule has 4 N–H and O–H groups in total. The number of fused-ring (bicyclic) bond motifs is 9. The Kier molecular flexibility index (Phi) is 38.6. The summed E-state index contributed by atoms with van der Waals surface area (Å²) in [5, 5.41) is 38.2. The summed E-state index contributed by atoms with van der Waals surface area (Å²) in [5.74, 6) is -0.250. The minimum Gasteiger partial charge on any atom is -0.512 e. The second kappa shape index (κ2) is 46.6. The fourth-order valence-electron chi connectivity index (χ4n) is 13.7. The van der Waals surface area contributed by atoms with E-state index in [1.54, 1.807) is 0 Å². The van der Waals surface area contributed by atoms with Crippen molar-refractivity contribution in [2.45, 2.75) is 122 Å². The molecule has 4 radical (unpaired) electrons. The van der Waals surface area contributed by atoms with E-state index >= 15 is 0 Å². The van der Waals surface area contributed by atoms with Crippen LogP contribution in [0.25, 0.3) is 111 Å². The summed E-state index contributed by atoms with van der Waals surface area (Å²) in [7, 11) is 0. The topological polar surface area (TPSA) is 201 Å². The standard InChI is InChI=1S/C24H18N.C23H18N.C20H16N.C17H14N.4C5H8O2.4Ir/c1-24(2)21-10-6-5-9-19(21)20-12-11-17(13-22(20)24)23-14-16-7-3-4-8-18(16)15-25-23;1-16-12-13-19(14-17(16)2)23-15-21(18-8-4-3-5-9-18)20-10-6-7-11-22(20)24-23;1-20(2)17-8-4-3-7-15(17)16-11-10-14(13-18(16)20)19-9-5-6-12-21-19;1-12-9-13(2)11-15(10-12)17-8-7-14-5-3-4-6-16(14)18-17;4*1-4(6)3-5(2)7;;;;/h3-10,12-15H,1-2H3;3-13,15H,1-2H3;3-9,11-13H,1-2H3;3-10H,1-2H3;4*3,6H,1-2H3;;;;/q4*-1;;;;;;;;. The number of aliphatic hydroxyl groups is 4. The van der Waals surface area contributed by atoms with Crippen molar-refractivity contribution in [3.8, 4) is 78.4 Å². The number of carbonyl (C=O) groups is 4. The van der Waals surface area contributed by atoms with Crippen molar-refractivity contribution in [2.75, 3.05) is 0 Å². The molecular formula is C104H98Ir4N4O8-4. The van der Waals surface area contributed by atoms with E-state index in [1.807, 2.05) is 67.0 Å². The Hall–Kier alpha value is -11.0. The largest absolute Gasteiger partial charge is 0.512 e. The molecule has 0 unspecified atom stereocenters. The Morgan fingerprint density at radius 2 is 0.808 bits per heavy atom. The molecule has 0 saturated heterocycles. The minimum absolute atomic E-state index is 0. The number of hydrogen-bond acceptors (Lipinski definition) is 12. The zero-order valence-electron chi connectivity index (χ0n) is 70.1. The maximum absolute atomic E-state index is 10.0. The Morgan fingerprint density at radius 1 is 0.350 bits per heavy atom. The van der Waals surface area contributed by atoms with Crippen LogP contribution in [0.1, 0.15) is 128 Å². The van der Waals surface area contributed by atoms with Crippen molar-refractivity contribution in [1.29, 1.82) is 0 Å². The van der Waals surface area contributed by atoms with Gasteiger partial charge in [-0.25, -0.2) is 0 Å². The van der Waals surface area contributed by atoms with Crippen LogP contribution in [0.5, 0.6) is 0 Å². The number of benzene rings is 10. The Bertz CT molecular complexity index is 5890. The smallest absolute Gasteiger partial charge is 0.155 e. The van der Waals surface area contributed by atoms with Crippen LogP contribution in [0.3, 0.4) is 0 Å². The van der Waals surface area contributed by atoms with Gasteiger partial charge in [0.1, 0.15) is 0 Å². The normalized spacial score (nSPS) is 12.0. The van der Waals surface area contributed by atoms with Crippen LogP contribution >= 0.6 is 0 Å². The van der Waals surface area contributed by atoms with Gasteiger partial charge in [-0.3, -0.25) is 29.1 Å². The van der Waals surface area contributed by atoms with E-state index in [9.17, 15) is 19.2 Å². The number of rotatable bonds is 9. The molecule has 0 atom stereocenters. The maximum Gasteiger partial charge on any atom is 0.155 e. The van der Waals surface area contributed by atoms with Crippen LogP contribution in [-0.4, -0.2) is 63.5 Å². The Labute approximate surface area is 760 Å². The van der Waals surface area contributed by atoms with Crippen molar-refractivity contribution < 1.29 is 120 Å². The third-order valence-corrected chi connectivity index (χ3v) is 19.0. The van der Waals surface area contributed by atoms with Crippen LogP contribution < -0.4 is 0 Å². The zero-order chi connectivity index (χ0) is 84.0. The molecule has 4 aromatic heterocycles. The first-order valence-corrected chi connectivity index (χ1v) is 38.2. The van der Waals surface area contributed by atoms with E-state index in [-0.39, 0.29) is 137 Å². The molecule has 622 valence electrons. The summed E-state index contributed by atoms with van der Waals surface area (Å²) in [6.07, 6.45) is 8.45. The zero-order valence-corrected chi connectivity index (χ0v) is 79.7. The van der Waals surface area contributed by atoms with Gasteiger partial charge < -0.3 is 30.4 Å². The summed E-state index contributed by atoms with van der Waals surface area (Å²) in [6, 6.07) is 98.2. The van der Waals surface area contributed by atoms with E-state index in [1.165, 1.54) is 174 Å². The number of carbonyl (C=O) groups excluding carboxylic acids is 4. The third-order valence-electron chi connectivity index (χ3n) is 19.0. The predicted octanol–water partition coefficient (Wildman–Crippen LogP) is 25.3. The van der Waals surface area contributed by atoms with Crippen LogP contribution in [0, 0.1) is 52.0 Å². The van der Waals surface area contributed by atoms with Crippen molar-refractivity contribution in [3.63, 3.8) is 0 Å². The minimum atomic E-state index is -0.125. The molecule has 120 heavy (non-hydrogen) atoms. The number of nitrogens with zero attached hydrogens (tertiary/aromatic N) is 4. The predicted molar refractivity (Wildman–Crippen MR) is 474 cm³/mol. The van der Waals surface area contributed by atoms with Crippen LogP contribution in [-0.2, 0) is 110 Å². The number of para-hydroxylation sites is 2. The SMILES string of the molecule is CC(=O)C=C(C)O.CC(=O)C=C(C)O.CC(=O)C=C(C)O.CC(=O)C=C(C)O.CC1(C)c2ccccc2-c2c[c-]c(-c3cc4ccccc4cn3)cc21.CC1(C)c2ccccc2-c2c[c-]c(-c3ccccn3)cc21.Cc1[c-]c(-c2cc(-c3ccccc3)c3ccccc3n2)ccc1C.Cc1[c-]c(-c2ccc3ccccc3n2)cc(C)c1.[Ir].[Ir].[Ir].[Ir]. The Morgan fingerprint density at radius 3 is 1.30 bits per heavy atom. The molecule has 2 aliphatic carbocycles. The summed E-state index contributed by atoms with van der Waals surface area (Å²) in [6.45, 7) is 29.0. The van der Waals surface area contributed by atoms with Gasteiger partial charge in [0.2, 0.25) is 0 Å². The van der Waals surface area contributed by atoms with Gasteiger partial charge in [-0.15, -0.1) is 128 Å². The molecule has 16 rings (SSSR count). The molecule has 0 aliphatic heterocycles. The number of pyridine rings is 4. The van der Waals surface area contributed by atoms with Crippen molar-refractivity contribution in [2.24, 2.45) is 0 Å². The molecule has 10 aromatic carbocycles. The van der Waals surface area contributed by atoms with Gasteiger partial charge in [0.25, 0.3) is 0 Å². The fourth-order valence-corrected chi connectivity index (χ4v) is 13.7. The van der Waals surface area contributed by atoms with Crippen molar-refractivity contribution in [3.05, 3.63) is 371 Å². The van der Waals surface area contributed by atoms with Crippen LogP contribution in [0.15, 0.2) is 302 Å². The molecule has 16 heteroatoms. The number of aromatic nitrogens is 4. The summed E-state index contributed by atoms with van der Waals surface area (Å²) < 4.78 is 0. The average Bonchev–Trinajstić information content (AvgIpc) is 1.59. The molecular weight excluding hydrogens is 2200 g/mol. The van der Waals surface area contributed by atoms with Gasteiger partial charge >= 0.3 is 0 Å². The fraction of sp³-hybridized carbons (Fsp3) is 0.173. The molecule has 12 nitrogen and oxygen atoms in total. The van der Waals surface area contributed by atoms with Crippen molar-refractivity contribution in [1.82, 2.24) is 19.9 Å². The first-order chi connectivity index (χ1) is 55.3. The molecule has 0 spiro atoms. The monoisotopic (exact) mass is 2300 g/mol. The first-order valence-electron chi connectivity index (χ1n) is 38.2. The van der Waals surface area contributed by atoms with Crippen LogP contribution in [0.2, 0.25) is 0 Å². The second-order valence-corrected chi connectivity index (χ2v) is 29.7. The number of hydrogen-bond donors (Lipinski definition) is 4. The van der Waals surface area contributed by atoms with E-state index in [2.05, 4.69) is 278 Å². The maximum atomic E-state index is 10.0. The first kappa shape index (κ1) is 99.6. The molecule has 4 heterocycles. The number of ketones is 4. The van der Waals surface area contributed by atoms with Gasteiger partial charge in [-0.1, -0.05) is 254 Å². The third kappa shape index (κ3) is 27.5. The average molecular weight is 2300 g/mol. The van der Waals surface area contributed by atoms with E-state index in [0.29, 0.717) is 0 Å². The van der Waals surface area contributed by atoms with Gasteiger partial charge in [0.05, 0.1) is 34.1 Å². The van der Waals surface area contributed by atoms with E-state index < -0.39 is 0 Å². The van der Waals surface area contributed by atoms with E-state index in [0.717, 1.165) is 61.6 Å². The number of aliphatic hydroxyl groups excluding tert-OH is 4. The molecule has 14 aromatic rings. The quantitative estimate of drug-likeness (QED) is 0.0606. The van der Waals surface area contributed by atoms with Gasteiger partial charge in [-0.05, 0) is 146 Å². The number of allylic oxidation sites excluding steroid dienone is 8. The molecule has 2 aliphatic rings. The van der Waals surface area contributed by atoms with Crippen LogP contribution in [0.4, 0.5) is 0 Å². The number of aryl methyl sites for hydroxylation is 4. The van der Waals surface area contributed by atoms with Gasteiger partial charge in [-0.2, -0.15) is 0 Å². The summed E-state index contributed by atoms with van der Waals surface area (Å²) >= 11 is 0. The molecule has 0 fully saturated rings. The molecule has 0 saturated carbocycles. The van der Waals surface area contributed by atoms with E-state index in [4.69, 9.17) is 30.4 Å².